The number of phenolic OH excluding ortho intramolecular Hbond substituents is 2. The Morgan fingerprint density at radius 3 is 2.75 bits per heavy atom. The summed E-state index contributed by atoms with van der Waals surface area (Å²) in [7, 11) is 0. The number of rotatable bonds is 7. The van der Waals surface area contributed by atoms with E-state index in [4.69, 9.17) is 5.73 Å². The largest absolute Gasteiger partial charge is 0.508 e. The lowest BCUT2D eigenvalue weighted by Gasteiger charge is -2.06. The lowest BCUT2D eigenvalue weighted by Crippen LogP contribution is -2.20. The Labute approximate surface area is 184 Å². The highest BCUT2D eigenvalue weighted by Crippen LogP contribution is 2.26. The molecular weight excluding hydrogens is 436 g/mol. The van der Waals surface area contributed by atoms with Gasteiger partial charge in [0.15, 0.2) is 5.69 Å². The number of aromatic nitrogens is 5. The predicted molar refractivity (Wildman–Crippen MR) is 114 cm³/mol. The lowest BCUT2D eigenvalue weighted by molar-refractivity contribution is 0.0949. The monoisotopic (exact) mass is 452 g/mol. The van der Waals surface area contributed by atoms with Gasteiger partial charge in [-0.05, 0) is 34.6 Å². The van der Waals surface area contributed by atoms with Crippen LogP contribution in [0.25, 0.3) is 5.82 Å². The lowest BCUT2D eigenvalue weighted by atomic mass is 10.2. The van der Waals surface area contributed by atoms with Gasteiger partial charge >= 0.3 is 0 Å². The first-order chi connectivity index (χ1) is 15.5. The third-order valence-electron chi connectivity index (χ3n) is 4.18. The van der Waals surface area contributed by atoms with E-state index in [2.05, 4.69) is 35.8 Å². The van der Waals surface area contributed by atoms with E-state index in [0.29, 0.717) is 17.0 Å². The molecule has 12 nitrogen and oxygen atoms in total. The first kappa shape index (κ1) is 20.9. The number of phenols is 2. The van der Waals surface area contributed by atoms with E-state index in [0.717, 1.165) is 11.0 Å². The number of amides is 1. The van der Waals surface area contributed by atoms with Crippen LogP contribution in [0.4, 0.5) is 5.82 Å². The molecule has 5 N–H and O–H groups in total. The molecule has 0 unspecified atom stereocenters. The van der Waals surface area contributed by atoms with Crippen LogP contribution in [0.1, 0.15) is 21.7 Å². The minimum absolute atomic E-state index is 0.00269. The third-order valence-corrected chi connectivity index (χ3v) is 5.20. The number of hydrogen-bond donors (Lipinski definition) is 4. The Hall–Kier alpha value is -4.39. The molecule has 0 bridgehead atoms. The number of nitrogens with one attached hydrogen (secondary N) is 1. The van der Waals surface area contributed by atoms with E-state index in [1.165, 1.54) is 34.8 Å². The maximum atomic E-state index is 12.7. The van der Waals surface area contributed by atoms with E-state index in [-0.39, 0.29) is 28.8 Å². The highest BCUT2D eigenvalue weighted by atomic mass is 32.2. The van der Waals surface area contributed by atoms with Crippen molar-refractivity contribution in [2.24, 2.45) is 5.10 Å². The summed E-state index contributed by atoms with van der Waals surface area (Å²) < 4.78 is 5.92. The smallest absolute Gasteiger partial charge is 0.293 e. The minimum Gasteiger partial charge on any atom is -0.508 e. The van der Waals surface area contributed by atoms with Crippen LogP contribution in [0, 0.1) is 0 Å². The van der Waals surface area contributed by atoms with Crippen LogP contribution in [0.2, 0.25) is 0 Å². The number of benzene rings is 2. The van der Waals surface area contributed by atoms with Crippen LogP contribution in [0.3, 0.4) is 0 Å². The molecule has 0 aliphatic heterocycles. The zero-order chi connectivity index (χ0) is 22.5. The molecule has 162 valence electrons. The van der Waals surface area contributed by atoms with Gasteiger partial charge in [0, 0.05) is 22.3 Å². The fourth-order valence-electron chi connectivity index (χ4n) is 2.64. The highest BCUT2D eigenvalue weighted by molar-refractivity contribution is 7.98. The average Bonchev–Trinajstić information content (AvgIpc) is 3.40. The van der Waals surface area contributed by atoms with Crippen molar-refractivity contribution in [3.05, 3.63) is 65.5 Å². The molecule has 13 heteroatoms. The van der Waals surface area contributed by atoms with Gasteiger partial charge in [-0.2, -0.15) is 9.78 Å². The first-order valence-corrected chi connectivity index (χ1v) is 10.1. The van der Waals surface area contributed by atoms with Crippen molar-refractivity contribution >= 4 is 29.7 Å². The van der Waals surface area contributed by atoms with Crippen LogP contribution in [0.15, 0.2) is 63.2 Å². The van der Waals surface area contributed by atoms with Gasteiger partial charge in [-0.25, -0.2) is 10.1 Å². The molecule has 1 amide bonds. The Bertz CT molecular complexity index is 1270. The molecule has 32 heavy (non-hydrogen) atoms. The van der Waals surface area contributed by atoms with Crippen molar-refractivity contribution in [2.75, 3.05) is 5.73 Å². The van der Waals surface area contributed by atoms with Gasteiger partial charge < -0.3 is 15.9 Å². The van der Waals surface area contributed by atoms with E-state index < -0.39 is 5.91 Å². The molecule has 0 fully saturated rings. The number of hydrogen-bond acceptors (Lipinski definition) is 11. The SMILES string of the molecule is Nc1nonc1-n1nnc(C(=O)NN=Cc2ccc(O)cc2O)c1CSc1ccccc1. The van der Waals surface area contributed by atoms with Crippen molar-refractivity contribution < 1.29 is 19.6 Å². The molecule has 0 aliphatic carbocycles. The van der Waals surface area contributed by atoms with Crippen molar-refractivity contribution in [1.82, 2.24) is 30.7 Å². The fourth-order valence-corrected chi connectivity index (χ4v) is 3.55. The summed E-state index contributed by atoms with van der Waals surface area (Å²) in [6.07, 6.45) is 1.23. The molecule has 2 aromatic heterocycles. The molecule has 4 rings (SSSR count). The van der Waals surface area contributed by atoms with Gasteiger partial charge in [-0.1, -0.05) is 23.4 Å². The van der Waals surface area contributed by atoms with Gasteiger partial charge in [-0.3, -0.25) is 4.79 Å². The molecule has 0 radical (unpaired) electrons. The summed E-state index contributed by atoms with van der Waals surface area (Å²) >= 11 is 1.46. The number of nitrogen functional groups attached to an aromatic ring is 1. The van der Waals surface area contributed by atoms with Crippen LogP contribution < -0.4 is 11.2 Å². The minimum atomic E-state index is -0.635. The first-order valence-electron chi connectivity index (χ1n) is 9.09. The van der Waals surface area contributed by atoms with Crippen molar-refractivity contribution in [3.63, 3.8) is 0 Å². The second kappa shape index (κ2) is 9.18. The topological polar surface area (TPSA) is 178 Å². The van der Waals surface area contributed by atoms with E-state index in [9.17, 15) is 15.0 Å². The number of nitrogens with two attached hydrogens (primary N) is 1. The zero-order valence-electron chi connectivity index (χ0n) is 16.3. The molecule has 0 saturated heterocycles. The summed E-state index contributed by atoms with van der Waals surface area (Å²) in [5, 5.41) is 38.2. The summed E-state index contributed by atoms with van der Waals surface area (Å²) in [6.45, 7) is 0. The molecule has 2 aromatic carbocycles. The number of aromatic hydroxyl groups is 2. The maximum absolute atomic E-state index is 12.7. The van der Waals surface area contributed by atoms with E-state index >= 15 is 0 Å². The highest BCUT2D eigenvalue weighted by Gasteiger charge is 2.24. The van der Waals surface area contributed by atoms with Crippen LogP contribution in [0.5, 0.6) is 11.5 Å². The van der Waals surface area contributed by atoms with Gasteiger partial charge in [-0.15, -0.1) is 16.9 Å². The number of thioether (sulfide) groups is 1. The van der Waals surface area contributed by atoms with Crippen molar-refractivity contribution in [3.8, 4) is 17.3 Å². The molecule has 0 aliphatic rings. The Balaban J connectivity index is 1.58. The van der Waals surface area contributed by atoms with Gasteiger partial charge in [0.1, 0.15) is 11.5 Å². The third kappa shape index (κ3) is 4.52. The van der Waals surface area contributed by atoms with E-state index in [1.54, 1.807) is 0 Å². The summed E-state index contributed by atoms with van der Waals surface area (Å²) in [4.78, 5) is 13.7. The van der Waals surface area contributed by atoms with E-state index in [1.807, 2.05) is 30.3 Å². The molecule has 0 saturated carbocycles. The molecule has 4 aromatic rings. The van der Waals surface area contributed by atoms with Gasteiger partial charge in [0.2, 0.25) is 11.6 Å². The second-order valence-electron chi connectivity index (χ2n) is 6.31. The Morgan fingerprint density at radius 1 is 1.22 bits per heavy atom. The van der Waals surface area contributed by atoms with Crippen LogP contribution >= 0.6 is 11.8 Å². The van der Waals surface area contributed by atoms with Gasteiger partial charge in [0.05, 0.1) is 11.9 Å². The molecule has 0 atom stereocenters. The molecule has 0 spiro atoms. The summed E-state index contributed by atoms with van der Waals surface area (Å²) in [6, 6.07) is 13.5. The molecule has 2 heterocycles. The summed E-state index contributed by atoms with van der Waals surface area (Å²) in [5.41, 5.74) is 8.82. The quantitative estimate of drug-likeness (QED) is 0.183. The number of carbonyl (C=O) groups excluding carboxylic acids is 1. The normalized spacial score (nSPS) is 11.1. The average molecular weight is 452 g/mol. The summed E-state index contributed by atoms with van der Waals surface area (Å²) in [5.74, 6) is -0.504. The number of carbonyl (C=O) groups is 1. The Kier molecular flexibility index (Phi) is 5.98. The number of hydrazone groups is 1. The van der Waals surface area contributed by atoms with Crippen LogP contribution in [-0.4, -0.2) is 47.6 Å². The number of anilines is 1. The van der Waals surface area contributed by atoms with Crippen LogP contribution in [-0.2, 0) is 5.75 Å². The molecular formula is C19H16N8O4S. The van der Waals surface area contributed by atoms with Crippen molar-refractivity contribution in [1.29, 1.82) is 0 Å². The van der Waals surface area contributed by atoms with Crippen molar-refractivity contribution in [2.45, 2.75) is 10.6 Å². The number of nitrogens with zero attached hydrogens (tertiary/aromatic N) is 6. The predicted octanol–water partition coefficient (Wildman–Crippen LogP) is 1.70. The second-order valence-corrected chi connectivity index (χ2v) is 7.36. The van der Waals surface area contributed by atoms with Gasteiger partial charge in [0.25, 0.3) is 5.91 Å². The fraction of sp³-hybridized carbons (Fsp3) is 0.0526. The maximum Gasteiger partial charge on any atom is 0.293 e. The Morgan fingerprint density at radius 2 is 2.03 bits per heavy atom. The zero-order valence-corrected chi connectivity index (χ0v) is 17.1. The standard InChI is InChI=1S/C19H16N8O4S/c20-17-18(25-31-24-17)27-14(10-32-13-4-2-1-3-5-13)16(22-26-27)19(30)23-21-9-11-6-7-12(28)8-15(11)29/h1-9,28-29H,10H2,(H2,20,24)(H,23,30).